The molecular formula is C13H12Br2N4O2. The Morgan fingerprint density at radius 3 is 2.71 bits per heavy atom. The molecule has 1 amide bonds. The van der Waals surface area contributed by atoms with Gasteiger partial charge in [-0.05, 0) is 56.1 Å². The van der Waals surface area contributed by atoms with Crippen molar-refractivity contribution in [3.05, 3.63) is 45.0 Å². The number of halogens is 2. The standard InChI is InChI=1S/C13H12Br2N4O2/c1-21-11-3-2-8(5-10(11)15)18-13(20)9-4-7(14)6-17-12(9)19-16/h2-6H,16H2,1H3,(H,17,19)(H,18,20). The van der Waals surface area contributed by atoms with Crippen molar-refractivity contribution in [1.29, 1.82) is 0 Å². The number of nitrogen functional groups attached to an aromatic ring is 1. The van der Waals surface area contributed by atoms with Crippen LogP contribution in [-0.2, 0) is 0 Å². The molecule has 0 saturated carbocycles. The summed E-state index contributed by atoms with van der Waals surface area (Å²) >= 11 is 6.64. The van der Waals surface area contributed by atoms with E-state index in [-0.39, 0.29) is 5.91 Å². The molecule has 1 aromatic carbocycles. The first-order valence-electron chi connectivity index (χ1n) is 5.82. The summed E-state index contributed by atoms with van der Waals surface area (Å²) in [4.78, 5) is 16.3. The number of rotatable bonds is 4. The van der Waals surface area contributed by atoms with E-state index in [1.165, 1.54) is 0 Å². The second-order valence-electron chi connectivity index (χ2n) is 4.00. The maximum atomic E-state index is 12.3. The van der Waals surface area contributed by atoms with Crippen molar-refractivity contribution < 1.29 is 9.53 Å². The Labute approximate surface area is 138 Å². The fourth-order valence-corrected chi connectivity index (χ4v) is 2.54. The Morgan fingerprint density at radius 2 is 2.10 bits per heavy atom. The minimum atomic E-state index is -0.325. The van der Waals surface area contributed by atoms with Gasteiger partial charge < -0.3 is 15.5 Å². The van der Waals surface area contributed by atoms with Gasteiger partial charge in [0.1, 0.15) is 5.75 Å². The number of nitrogens with two attached hydrogens (primary N) is 1. The summed E-state index contributed by atoms with van der Waals surface area (Å²) < 4.78 is 6.57. The third kappa shape index (κ3) is 3.72. The van der Waals surface area contributed by atoms with E-state index >= 15 is 0 Å². The molecule has 0 saturated heterocycles. The highest BCUT2D eigenvalue weighted by Gasteiger charge is 2.14. The normalized spacial score (nSPS) is 10.1. The fourth-order valence-electron chi connectivity index (χ4n) is 1.67. The molecule has 6 nitrogen and oxygen atoms in total. The number of hydrogen-bond acceptors (Lipinski definition) is 5. The van der Waals surface area contributed by atoms with E-state index in [4.69, 9.17) is 10.6 Å². The van der Waals surface area contributed by atoms with Crippen LogP contribution in [0.2, 0.25) is 0 Å². The second-order valence-corrected chi connectivity index (χ2v) is 5.77. The van der Waals surface area contributed by atoms with Gasteiger partial charge in [-0.15, -0.1) is 0 Å². The number of carbonyl (C=O) groups is 1. The molecule has 1 heterocycles. The van der Waals surface area contributed by atoms with Crippen LogP contribution in [0.3, 0.4) is 0 Å². The average Bonchev–Trinajstić information content (AvgIpc) is 2.47. The van der Waals surface area contributed by atoms with E-state index in [0.29, 0.717) is 27.3 Å². The van der Waals surface area contributed by atoms with Crippen molar-refractivity contribution in [2.24, 2.45) is 5.84 Å². The molecule has 0 bridgehead atoms. The van der Waals surface area contributed by atoms with Gasteiger partial charge in [0.2, 0.25) is 0 Å². The molecule has 21 heavy (non-hydrogen) atoms. The molecule has 0 aliphatic heterocycles. The molecular weight excluding hydrogens is 404 g/mol. The molecule has 110 valence electrons. The summed E-state index contributed by atoms with van der Waals surface area (Å²) in [5, 5.41) is 2.77. The number of pyridine rings is 1. The molecule has 0 unspecified atom stereocenters. The number of hydrazine groups is 1. The number of anilines is 2. The first-order valence-corrected chi connectivity index (χ1v) is 7.40. The zero-order valence-electron chi connectivity index (χ0n) is 11.0. The molecule has 0 radical (unpaired) electrons. The van der Waals surface area contributed by atoms with E-state index in [1.807, 2.05) is 0 Å². The Morgan fingerprint density at radius 1 is 1.33 bits per heavy atom. The third-order valence-electron chi connectivity index (χ3n) is 2.65. The number of methoxy groups -OCH3 is 1. The monoisotopic (exact) mass is 414 g/mol. The first kappa shape index (κ1) is 15.7. The molecule has 0 fully saturated rings. The highest BCUT2D eigenvalue weighted by molar-refractivity contribution is 9.10. The van der Waals surface area contributed by atoms with Crippen LogP contribution < -0.4 is 21.3 Å². The molecule has 4 N–H and O–H groups in total. The molecule has 0 aliphatic carbocycles. The van der Waals surface area contributed by atoms with E-state index < -0.39 is 0 Å². The van der Waals surface area contributed by atoms with Crippen molar-refractivity contribution in [2.45, 2.75) is 0 Å². The fraction of sp³-hybridized carbons (Fsp3) is 0.0769. The topological polar surface area (TPSA) is 89.3 Å². The Hall–Kier alpha value is -1.64. The Bertz CT molecular complexity index is 679. The molecule has 8 heteroatoms. The van der Waals surface area contributed by atoms with Gasteiger partial charge in [-0.25, -0.2) is 10.8 Å². The molecule has 0 atom stereocenters. The van der Waals surface area contributed by atoms with Crippen LogP contribution in [0.25, 0.3) is 0 Å². The van der Waals surface area contributed by atoms with Gasteiger partial charge in [0.15, 0.2) is 5.82 Å². The maximum Gasteiger partial charge on any atom is 0.259 e. The highest BCUT2D eigenvalue weighted by Crippen LogP contribution is 2.28. The van der Waals surface area contributed by atoms with Crippen LogP contribution in [0, 0.1) is 0 Å². The summed E-state index contributed by atoms with van der Waals surface area (Å²) in [5.74, 6) is 6.01. The highest BCUT2D eigenvalue weighted by atomic mass is 79.9. The van der Waals surface area contributed by atoms with Crippen LogP contribution >= 0.6 is 31.9 Å². The lowest BCUT2D eigenvalue weighted by molar-refractivity contribution is 0.102. The molecule has 1 aromatic heterocycles. The zero-order valence-corrected chi connectivity index (χ0v) is 14.2. The Kier molecular flexibility index (Phi) is 5.16. The van der Waals surface area contributed by atoms with E-state index in [2.05, 4.69) is 47.6 Å². The molecule has 2 rings (SSSR count). The van der Waals surface area contributed by atoms with Gasteiger partial charge >= 0.3 is 0 Å². The van der Waals surface area contributed by atoms with Gasteiger partial charge in [0.05, 0.1) is 17.1 Å². The van der Waals surface area contributed by atoms with Crippen molar-refractivity contribution in [3.63, 3.8) is 0 Å². The average molecular weight is 416 g/mol. The van der Waals surface area contributed by atoms with Crippen molar-refractivity contribution in [1.82, 2.24) is 4.98 Å². The van der Waals surface area contributed by atoms with Crippen molar-refractivity contribution in [3.8, 4) is 5.75 Å². The lowest BCUT2D eigenvalue weighted by atomic mass is 10.2. The predicted molar refractivity (Wildman–Crippen MR) is 88.4 cm³/mol. The molecule has 0 aliphatic rings. The largest absolute Gasteiger partial charge is 0.496 e. The van der Waals surface area contributed by atoms with Crippen LogP contribution in [0.15, 0.2) is 39.4 Å². The van der Waals surface area contributed by atoms with Crippen LogP contribution in [0.4, 0.5) is 11.5 Å². The number of ether oxygens (including phenoxy) is 1. The minimum absolute atomic E-state index is 0.295. The lowest BCUT2D eigenvalue weighted by Gasteiger charge is -2.10. The summed E-state index contributed by atoms with van der Waals surface area (Å²) in [6, 6.07) is 6.87. The summed E-state index contributed by atoms with van der Waals surface area (Å²) in [7, 11) is 1.57. The summed E-state index contributed by atoms with van der Waals surface area (Å²) in [6.45, 7) is 0. The summed E-state index contributed by atoms with van der Waals surface area (Å²) in [5.41, 5.74) is 3.35. The van der Waals surface area contributed by atoms with Gasteiger partial charge in [0.25, 0.3) is 5.91 Å². The van der Waals surface area contributed by atoms with E-state index in [9.17, 15) is 4.79 Å². The maximum absolute atomic E-state index is 12.3. The number of aromatic nitrogens is 1. The van der Waals surface area contributed by atoms with E-state index in [0.717, 1.165) is 4.47 Å². The van der Waals surface area contributed by atoms with Crippen LogP contribution in [0.5, 0.6) is 5.75 Å². The van der Waals surface area contributed by atoms with Crippen molar-refractivity contribution in [2.75, 3.05) is 17.9 Å². The predicted octanol–water partition coefficient (Wildman–Crippen LogP) is 3.15. The SMILES string of the molecule is COc1ccc(NC(=O)c2cc(Br)cnc2NN)cc1Br. The van der Waals surface area contributed by atoms with Gasteiger partial charge in [-0.1, -0.05) is 0 Å². The number of nitrogens with one attached hydrogen (secondary N) is 2. The number of benzene rings is 1. The van der Waals surface area contributed by atoms with Gasteiger partial charge in [0, 0.05) is 16.4 Å². The van der Waals surface area contributed by atoms with Crippen LogP contribution in [-0.4, -0.2) is 18.0 Å². The van der Waals surface area contributed by atoms with Gasteiger partial charge in [-0.2, -0.15) is 0 Å². The van der Waals surface area contributed by atoms with Crippen molar-refractivity contribution >= 4 is 49.3 Å². The second kappa shape index (κ2) is 6.88. The van der Waals surface area contributed by atoms with E-state index in [1.54, 1.807) is 37.6 Å². The van der Waals surface area contributed by atoms with Gasteiger partial charge in [-0.3, -0.25) is 4.79 Å². The number of nitrogens with zero attached hydrogens (tertiary/aromatic N) is 1. The molecule has 2 aromatic rings. The number of amides is 1. The third-order valence-corrected chi connectivity index (χ3v) is 3.70. The number of carbonyl (C=O) groups excluding carboxylic acids is 1. The number of hydrogen-bond donors (Lipinski definition) is 3. The lowest BCUT2D eigenvalue weighted by Crippen LogP contribution is -2.18. The zero-order chi connectivity index (χ0) is 15.4. The minimum Gasteiger partial charge on any atom is -0.496 e. The first-order chi connectivity index (χ1) is 10.0. The van der Waals surface area contributed by atoms with Crippen LogP contribution in [0.1, 0.15) is 10.4 Å². The summed E-state index contributed by atoms with van der Waals surface area (Å²) in [6.07, 6.45) is 1.55. The Balaban J connectivity index is 2.26. The smallest absolute Gasteiger partial charge is 0.259 e. The quantitative estimate of drug-likeness (QED) is 0.527. The molecule has 0 spiro atoms.